The molecule has 0 fully saturated rings. The SMILES string of the molecule is CCCCN(c1ccccc1)c1cccc2c1CNCC2. The Balaban J connectivity index is 2.00. The van der Waals surface area contributed by atoms with E-state index in [4.69, 9.17) is 0 Å². The molecule has 1 aliphatic heterocycles. The fourth-order valence-electron chi connectivity index (χ4n) is 3.06. The first-order chi connectivity index (χ1) is 10.4. The van der Waals surface area contributed by atoms with Crippen molar-refractivity contribution >= 4 is 11.4 Å². The number of benzene rings is 2. The van der Waals surface area contributed by atoms with Crippen molar-refractivity contribution in [1.29, 1.82) is 0 Å². The molecule has 1 N–H and O–H groups in total. The predicted octanol–water partition coefficient (Wildman–Crippen LogP) is 4.27. The van der Waals surface area contributed by atoms with Gasteiger partial charge in [0.2, 0.25) is 0 Å². The van der Waals surface area contributed by atoms with E-state index < -0.39 is 0 Å². The summed E-state index contributed by atoms with van der Waals surface area (Å²) >= 11 is 0. The fraction of sp³-hybridized carbons (Fsp3) is 0.368. The maximum Gasteiger partial charge on any atom is 0.0459 e. The molecule has 0 saturated carbocycles. The van der Waals surface area contributed by atoms with E-state index in [-0.39, 0.29) is 0 Å². The third kappa shape index (κ3) is 3.11. The molecule has 0 saturated heterocycles. The van der Waals surface area contributed by atoms with Crippen LogP contribution in [0.1, 0.15) is 30.9 Å². The largest absolute Gasteiger partial charge is 0.341 e. The summed E-state index contributed by atoms with van der Waals surface area (Å²) in [6.45, 7) is 5.42. The topological polar surface area (TPSA) is 15.3 Å². The van der Waals surface area contributed by atoms with E-state index in [1.54, 1.807) is 0 Å². The number of para-hydroxylation sites is 1. The van der Waals surface area contributed by atoms with Gasteiger partial charge in [0.15, 0.2) is 0 Å². The minimum Gasteiger partial charge on any atom is -0.341 e. The zero-order valence-corrected chi connectivity index (χ0v) is 12.8. The van der Waals surface area contributed by atoms with Crippen molar-refractivity contribution in [3.8, 4) is 0 Å². The molecule has 0 aromatic heterocycles. The first-order valence-electron chi connectivity index (χ1n) is 8.04. The Hall–Kier alpha value is -1.80. The highest BCUT2D eigenvalue weighted by atomic mass is 15.1. The van der Waals surface area contributed by atoms with Gasteiger partial charge in [-0.3, -0.25) is 0 Å². The molecular formula is C19H24N2. The lowest BCUT2D eigenvalue weighted by Gasteiger charge is -2.30. The van der Waals surface area contributed by atoms with Crippen LogP contribution >= 0.6 is 0 Å². The lowest BCUT2D eigenvalue weighted by atomic mass is 9.98. The Bertz CT molecular complexity index is 577. The summed E-state index contributed by atoms with van der Waals surface area (Å²) in [5, 5.41) is 3.52. The van der Waals surface area contributed by atoms with E-state index in [9.17, 15) is 0 Å². The van der Waals surface area contributed by atoms with Crippen molar-refractivity contribution in [3.63, 3.8) is 0 Å². The van der Waals surface area contributed by atoms with Crippen LogP contribution in [0.3, 0.4) is 0 Å². The van der Waals surface area contributed by atoms with Crippen molar-refractivity contribution in [2.45, 2.75) is 32.7 Å². The summed E-state index contributed by atoms with van der Waals surface area (Å²) in [7, 11) is 0. The molecular weight excluding hydrogens is 256 g/mol. The van der Waals surface area contributed by atoms with Crippen molar-refractivity contribution in [3.05, 3.63) is 59.7 Å². The molecule has 2 aromatic carbocycles. The molecule has 0 spiro atoms. The minimum absolute atomic E-state index is 0.987. The molecule has 0 unspecified atom stereocenters. The summed E-state index contributed by atoms with van der Waals surface area (Å²) in [6, 6.07) is 17.5. The molecule has 3 rings (SSSR count). The van der Waals surface area contributed by atoms with E-state index in [0.29, 0.717) is 0 Å². The van der Waals surface area contributed by atoms with Gasteiger partial charge in [-0.2, -0.15) is 0 Å². The number of fused-ring (bicyclic) bond motifs is 1. The van der Waals surface area contributed by atoms with Gasteiger partial charge in [0.1, 0.15) is 0 Å². The fourth-order valence-corrected chi connectivity index (χ4v) is 3.06. The zero-order chi connectivity index (χ0) is 14.5. The van der Waals surface area contributed by atoms with Crippen LogP contribution in [0.5, 0.6) is 0 Å². The number of hydrogen-bond donors (Lipinski definition) is 1. The van der Waals surface area contributed by atoms with Crippen molar-refractivity contribution in [2.75, 3.05) is 18.0 Å². The van der Waals surface area contributed by atoms with Gasteiger partial charge >= 0.3 is 0 Å². The highest BCUT2D eigenvalue weighted by molar-refractivity contribution is 5.68. The van der Waals surface area contributed by atoms with Gasteiger partial charge < -0.3 is 10.2 Å². The Morgan fingerprint density at radius 3 is 2.71 bits per heavy atom. The van der Waals surface area contributed by atoms with Crippen molar-refractivity contribution in [1.82, 2.24) is 5.32 Å². The second kappa shape index (κ2) is 6.77. The van der Waals surface area contributed by atoms with Crippen LogP contribution < -0.4 is 10.2 Å². The average molecular weight is 280 g/mol. The summed E-state index contributed by atoms with van der Waals surface area (Å²) in [6.07, 6.45) is 3.57. The number of rotatable bonds is 5. The normalized spacial score (nSPS) is 13.8. The van der Waals surface area contributed by atoms with E-state index in [0.717, 1.165) is 26.1 Å². The quantitative estimate of drug-likeness (QED) is 0.880. The molecule has 1 heterocycles. The minimum atomic E-state index is 0.987. The number of unbranched alkanes of at least 4 members (excludes halogenated alkanes) is 1. The van der Waals surface area contributed by atoms with E-state index in [2.05, 4.69) is 65.7 Å². The van der Waals surface area contributed by atoms with Crippen LogP contribution in [0.4, 0.5) is 11.4 Å². The van der Waals surface area contributed by atoms with Gasteiger partial charge in [-0.25, -0.2) is 0 Å². The maximum atomic E-state index is 3.52. The molecule has 0 bridgehead atoms. The summed E-state index contributed by atoms with van der Waals surface area (Å²) < 4.78 is 0. The molecule has 110 valence electrons. The molecule has 2 aromatic rings. The Labute approximate surface area is 127 Å². The van der Waals surface area contributed by atoms with Crippen LogP contribution in [0.15, 0.2) is 48.5 Å². The first kappa shape index (κ1) is 14.2. The Kier molecular flexibility index (Phi) is 4.56. The molecule has 0 atom stereocenters. The third-order valence-electron chi connectivity index (χ3n) is 4.22. The predicted molar refractivity (Wildman–Crippen MR) is 90.2 cm³/mol. The van der Waals surface area contributed by atoms with Gasteiger partial charge in [-0.1, -0.05) is 43.7 Å². The Morgan fingerprint density at radius 2 is 1.90 bits per heavy atom. The summed E-state index contributed by atoms with van der Waals surface area (Å²) in [4.78, 5) is 2.48. The molecule has 2 heteroatoms. The highest BCUT2D eigenvalue weighted by Gasteiger charge is 2.17. The smallest absolute Gasteiger partial charge is 0.0459 e. The van der Waals surface area contributed by atoms with Gasteiger partial charge in [-0.05, 0) is 48.7 Å². The number of hydrogen-bond acceptors (Lipinski definition) is 2. The molecule has 0 radical (unpaired) electrons. The highest BCUT2D eigenvalue weighted by Crippen LogP contribution is 2.32. The van der Waals surface area contributed by atoms with E-state index in [1.807, 2.05) is 0 Å². The maximum absolute atomic E-state index is 3.52. The second-order valence-corrected chi connectivity index (χ2v) is 5.68. The number of nitrogens with one attached hydrogen (secondary N) is 1. The number of nitrogens with zero attached hydrogens (tertiary/aromatic N) is 1. The summed E-state index contributed by atoms with van der Waals surface area (Å²) in [5.41, 5.74) is 5.65. The van der Waals surface area contributed by atoms with Gasteiger partial charge in [0.05, 0.1) is 0 Å². The van der Waals surface area contributed by atoms with Gasteiger partial charge in [0.25, 0.3) is 0 Å². The van der Waals surface area contributed by atoms with Crippen molar-refractivity contribution < 1.29 is 0 Å². The monoisotopic (exact) mass is 280 g/mol. The lowest BCUT2D eigenvalue weighted by molar-refractivity contribution is 0.641. The van der Waals surface area contributed by atoms with Crippen LogP contribution in [0.2, 0.25) is 0 Å². The number of anilines is 2. The van der Waals surface area contributed by atoms with E-state index >= 15 is 0 Å². The molecule has 21 heavy (non-hydrogen) atoms. The third-order valence-corrected chi connectivity index (χ3v) is 4.22. The van der Waals surface area contributed by atoms with Gasteiger partial charge in [0, 0.05) is 24.5 Å². The molecule has 2 nitrogen and oxygen atoms in total. The van der Waals surface area contributed by atoms with Crippen molar-refractivity contribution in [2.24, 2.45) is 0 Å². The lowest BCUT2D eigenvalue weighted by Crippen LogP contribution is -2.27. The average Bonchev–Trinajstić information content (AvgIpc) is 2.56. The first-order valence-corrected chi connectivity index (χ1v) is 8.04. The molecule has 1 aliphatic rings. The Morgan fingerprint density at radius 1 is 1.05 bits per heavy atom. The summed E-state index contributed by atoms with van der Waals surface area (Å²) in [5.74, 6) is 0. The second-order valence-electron chi connectivity index (χ2n) is 5.68. The van der Waals surface area contributed by atoms with Crippen LogP contribution in [0.25, 0.3) is 0 Å². The standard InChI is InChI=1S/C19H24N2/c1-2-3-14-21(17-9-5-4-6-10-17)19-11-7-8-16-12-13-20-15-18(16)19/h4-11,20H,2-3,12-15H2,1H3. The van der Waals surface area contributed by atoms with Crippen LogP contribution in [-0.2, 0) is 13.0 Å². The van der Waals surface area contributed by atoms with Gasteiger partial charge in [-0.15, -0.1) is 0 Å². The zero-order valence-electron chi connectivity index (χ0n) is 12.8. The molecule has 0 amide bonds. The van der Waals surface area contributed by atoms with Crippen LogP contribution in [0, 0.1) is 0 Å². The van der Waals surface area contributed by atoms with E-state index in [1.165, 1.54) is 35.3 Å². The van der Waals surface area contributed by atoms with Crippen LogP contribution in [-0.4, -0.2) is 13.1 Å². The molecule has 0 aliphatic carbocycles.